The van der Waals surface area contributed by atoms with E-state index in [0.717, 1.165) is 31.6 Å². The Labute approximate surface area is 132 Å². The highest BCUT2D eigenvalue weighted by Crippen LogP contribution is 2.52. The van der Waals surface area contributed by atoms with Crippen LogP contribution in [0.3, 0.4) is 0 Å². The third-order valence-corrected chi connectivity index (χ3v) is 4.99. The SMILES string of the molecule is C=C1C[C@H]2O[C@@H]3OC(C)(C)O[C@@H]3[C@@H]2[C@H]1C/C=C\CCCCl. The van der Waals surface area contributed by atoms with Gasteiger partial charge in [0.2, 0.25) is 0 Å². The second kappa shape index (κ2) is 6.04. The van der Waals surface area contributed by atoms with Crippen LogP contribution in [0.15, 0.2) is 24.3 Å². The van der Waals surface area contributed by atoms with Crippen LogP contribution in [-0.2, 0) is 14.2 Å². The van der Waals surface area contributed by atoms with Crippen molar-refractivity contribution in [2.45, 2.75) is 63.8 Å². The minimum atomic E-state index is -0.537. The van der Waals surface area contributed by atoms with Crippen LogP contribution in [0, 0.1) is 11.8 Å². The fourth-order valence-electron chi connectivity index (χ4n) is 3.83. The van der Waals surface area contributed by atoms with E-state index in [1.807, 2.05) is 13.8 Å². The van der Waals surface area contributed by atoms with Gasteiger partial charge in [-0.15, -0.1) is 11.6 Å². The Morgan fingerprint density at radius 3 is 2.90 bits per heavy atom. The zero-order chi connectivity index (χ0) is 15.0. The molecule has 0 spiro atoms. The first-order valence-electron chi connectivity index (χ1n) is 7.91. The van der Waals surface area contributed by atoms with Crippen molar-refractivity contribution in [2.75, 3.05) is 5.88 Å². The molecule has 0 aromatic carbocycles. The lowest BCUT2D eigenvalue weighted by Gasteiger charge is -2.24. The molecule has 0 aromatic rings. The molecule has 2 saturated heterocycles. The van der Waals surface area contributed by atoms with Crippen LogP contribution in [-0.4, -0.2) is 30.2 Å². The van der Waals surface area contributed by atoms with Gasteiger partial charge >= 0.3 is 0 Å². The minimum Gasteiger partial charge on any atom is -0.346 e. The molecule has 0 amide bonds. The molecule has 1 saturated carbocycles. The number of rotatable bonds is 5. The number of halogens is 1. The highest BCUT2D eigenvalue weighted by Gasteiger charge is 2.59. The zero-order valence-electron chi connectivity index (χ0n) is 12.9. The van der Waals surface area contributed by atoms with E-state index in [4.69, 9.17) is 25.8 Å². The number of hydrogen-bond acceptors (Lipinski definition) is 3. The molecule has 2 heterocycles. The summed E-state index contributed by atoms with van der Waals surface area (Å²) in [6, 6.07) is 0. The second-order valence-corrected chi connectivity index (χ2v) is 7.11. The predicted octanol–water partition coefficient (Wildman–Crippen LogP) is 4.02. The van der Waals surface area contributed by atoms with Crippen LogP contribution in [0.25, 0.3) is 0 Å². The smallest absolute Gasteiger partial charge is 0.187 e. The summed E-state index contributed by atoms with van der Waals surface area (Å²) >= 11 is 5.70. The average Bonchev–Trinajstić information content (AvgIpc) is 2.96. The van der Waals surface area contributed by atoms with E-state index in [9.17, 15) is 0 Å². The van der Waals surface area contributed by atoms with Gasteiger partial charge in [-0.2, -0.15) is 0 Å². The van der Waals surface area contributed by atoms with Gasteiger partial charge in [-0.1, -0.05) is 24.3 Å². The Kier molecular flexibility index (Phi) is 4.47. The standard InChI is InChI=1S/C17H25ClO3/c1-11-10-13-14(12(11)8-6-4-5-7-9-18)15-16(19-13)21-17(2,3)20-15/h4,6,12-16H,1,5,7-10H2,2-3H3/b6-4-/t12-,13+,14+,15+,16+/m0/s1. The monoisotopic (exact) mass is 312 g/mol. The highest BCUT2D eigenvalue weighted by atomic mass is 35.5. The number of hydrogen-bond donors (Lipinski definition) is 0. The van der Waals surface area contributed by atoms with Gasteiger partial charge in [-0.3, -0.25) is 0 Å². The van der Waals surface area contributed by atoms with Gasteiger partial charge in [-0.05, 0) is 45.4 Å². The number of allylic oxidation sites excluding steroid dienone is 2. The van der Waals surface area contributed by atoms with Gasteiger partial charge in [-0.25, -0.2) is 0 Å². The van der Waals surface area contributed by atoms with E-state index in [0.29, 0.717) is 11.8 Å². The minimum absolute atomic E-state index is 0.0468. The number of alkyl halides is 1. The molecular formula is C17H25ClO3. The van der Waals surface area contributed by atoms with Crippen LogP contribution in [0.1, 0.15) is 39.5 Å². The summed E-state index contributed by atoms with van der Waals surface area (Å²) in [6.07, 6.45) is 8.58. The molecule has 3 fully saturated rings. The van der Waals surface area contributed by atoms with Crippen LogP contribution >= 0.6 is 11.6 Å². The maximum atomic E-state index is 6.08. The van der Waals surface area contributed by atoms with Crippen molar-refractivity contribution >= 4 is 11.6 Å². The van der Waals surface area contributed by atoms with E-state index in [1.165, 1.54) is 5.57 Å². The van der Waals surface area contributed by atoms with Crippen LogP contribution in [0.4, 0.5) is 0 Å². The van der Waals surface area contributed by atoms with Gasteiger partial charge < -0.3 is 14.2 Å². The van der Waals surface area contributed by atoms with E-state index in [2.05, 4.69) is 18.7 Å². The van der Waals surface area contributed by atoms with Crippen molar-refractivity contribution in [1.82, 2.24) is 0 Å². The molecule has 0 aromatic heterocycles. The van der Waals surface area contributed by atoms with Crippen molar-refractivity contribution in [2.24, 2.45) is 11.8 Å². The Morgan fingerprint density at radius 2 is 2.14 bits per heavy atom. The Bertz CT molecular complexity index is 432. The van der Waals surface area contributed by atoms with E-state index < -0.39 is 5.79 Å². The molecule has 21 heavy (non-hydrogen) atoms. The number of unbranched alkanes of at least 4 members (excludes halogenated alkanes) is 1. The van der Waals surface area contributed by atoms with Gasteiger partial charge in [0.15, 0.2) is 12.1 Å². The summed E-state index contributed by atoms with van der Waals surface area (Å²) in [5.74, 6) is 1.00. The molecule has 0 N–H and O–H groups in total. The van der Waals surface area contributed by atoms with Gasteiger partial charge in [0.05, 0.1) is 6.10 Å². The van der Waals surface area contributed by atoms with E-state index >= 15 is 0 Å². The molecule has 0 unspecified atom stereocenters. The van der Waals surface area contributed by atoms with Crippen LogP contribution in [0.2, 0.25) is 0 Å². The lowest BCUT2D eigenvalue weighted by Crippen LogP contribution is -2.30. The van der Waals surface area contributed by atoms with Crippen molar-refractivity contribution in [3.05, 3.63) is 24.3 Å². The summed E-state index contributed by atoms with van der Waals surface area (Å²) in [5, 5.41) is 0. The summed E-state index contributed by atoms with van der Waals surface area (Å²) in [4.78, 5) is 0. The fraction of sp³-hybridized carbons (Fsp3) is 0.765. The fourth-order valence-corrected chi connectivity index (χ4v) is 3.99. The Balaban J connectivity index is 1.64. The first kappa shape index (κ1) is 15.5. The zero-order valence-corrected chi connectivity index (χ0v) is 13.6. The molecule has 4 heteroatoms. The highest BCUT2D eigenvalue weighted by molar-refractivity contribution is 6.17. The first-order chi connectivity index (χ1) is 10.0. The molecule has 0 bridgehead atoms. The summed E-state index contributed by atoms with van der Waals surface area (Å²) in [5.41, 5.74) is 1.29. The topological polar surface area (TPSA) is 27.7 Å². The molecule has 5 atom stereocenters. The molecule has 2 aliphatic heterocycles. The van der Waals surface area contributed by atoms with E-state index in [-0.39, 0.29) is 18.5 Å². The van der Waals surface area contributed by atoms with Crippen LogP contribution < -0.4 is 0 Å². The molecular weight excluding hydrogens is 288 g/mol. The van der Waals surface area contributed by atoms with Crippen LogP contribution in [0.5, 0.6) is 0 Å². The summed E-state index contributed by atoms with van der Waals surface area (Å²) in [6.45, 7) is 8.16. The largest absolute Gasteiger partial charge is 0.346 e. The van der Waals surface area contributed by atoms with Crippen molar-refractivity contribution < 1.29 is 14.2 Å². The van der Waals surface area contributed by atoms with Crippen molar-refractivity contribution in [1.29, 1.82) is 0 Å². The maximum absolute atomic E-state index is 6.08. The second-order valence-electron chi connectivity index (χ2n) is 6.73. The van der Waals surface area contributed by atoms with Crippen molar-refractivity contribution in [3.63, 3.8) is 0 Å². The first-order valence-corrected chi connectivity index (χ1v) is 8.45. The maximum Gasteiger partial charge on any atom is 0.187 e. The lowest BCUT2D eigenvalue weighted by atomic mass is 9.86. The summed E-state index contributed by atoms with van der Waals surface area (Å²) in [7, 11) is 0. The number of fused-ring (bicyclic) bond motifs is 3. The van der Waals surface area contributed by atoms with Crippen molar-refractivity contribution in [3.8, 4) is 0 Å². The van der Waals surface area contributed by atoms with Gasteiger partial charge in [0.25, 0.3) is 0 Å². The third-order valence-electron chi connectivity index (χ3n) is 4.72. The normalized spacial score (nSPS) is 40.9. The average molecular weight is 313 g/mol. The molecule has 3 rings (SSSR count). The molecule has 0 radical (unpaired) electrons. The predicted molar refractivity (Wildman–Crippen MR) is 83.1 cm³/mol. The molecule has 118 valence electrons. The third kappa shape index (κ3) is 3.07. The molecule has 1 aliphatic carbocycles. The Morgan fingerprint density at radius 1 is 1.33 bits per heavy atom. The quantitative estimate of drug-likeness (QED) is 0.436. The Hall–Kier alpha value is -0.350. The molecule has 3 aliphatic rings. The van der Waals surface area contributed by atoms with E-state index in [1.54, 1.807) is 0 Å². The van der Waals surface area contributed by atoms with Gasteiger partial charge in [0.1, 0.15) is 6.10 Å². The summed E-state index contributed by atoms with van der Waals surface area (Å²) < 4.78 is 18.0. The molecule has 3 nitrogen and oxygen atoms in total. The number of ether oxygens (including phenoxy) is 3. The van der Waals surface area contributed by atoms with Gasteiger partial charge in [0, 0.05) is 11.8 Å². The lowest BCUT2D eigenvalue weighted by molar-refractivity contribution is -0.208.